The lowest BCUT2D eigenvalue weighted by molar-refractivity contribution is 0.0997. The number of pyridine rings is 1. The van der Waals surface area contributed by atoms with Gasteiger partial charge in [-0.15, -0.1) is 22.7 Å². The van der Waals surface area contributed by atoms with Crippen molar-refractivity contribution in [3.63, 3.8) is 0 Å². The van der Waals surface area contributed by atoms with Crippen molar-refractivity contribution >= 4 is 49.4 Å². The van der Waals surface area contributed by atoms with Crippen LogP contribution in [0.2, 0.25) is 0 Å². The normalized spacial score (nSPS) is 10.8. The molecular formula is C13H11N3OS2. The number of thiophene rings is 2. The molecule has 0 unspecified atom stereocenters. The third-order valence-corrected chi connectivity index (χ3v) is 4.93. The predicted molar refractivity (Wildman–Crippen MR) is 81.1 cm³/mol. The molecular weight excluding hydrogens is 278 g/mol. The van der Waals surface area contributed by atoms with Gasteiger partial charge in [0.25, 0.3) is 5.91 Å². The molecule has 0 aliphatic rings. The molecule has 2 N–H and O–H groups in total. The molecule has 4 nitrogen and oxygen atoms in total. The summed E-state index contributed by atoms with van der Waals surface area (Å²) in [5.74, 6) is -0.0497. The Morgan fingerprint density at radius 1 is 1.37 bits per heavy atom. The third kappa shape index (κ3) is 2.09. The summed E-state index contributed by atoms with van der Waals surface area (Å²) in [6.45, 7) is 0. The number of hydrogen-bond acceptors (Lipinski definition) is 5. The molecule has 1 amide bonds. The molecule has 0 aliphatic carbocycles. The molecule has 0 spiro atoms. The molecule has 0 saturated carbocycles. The number of rotatable bonds is 2. The highest BCUT2D eigenvalue weighted by atomic mass is 32.1. The van der Waals surface area contributed by atoms with Crippen molar-refractivity contribution in [2.75, 3.05) is 17.7 Å². The van der Waals surface area contributed by atoms with Gasteiger partial charge in [0.05, 0.1) is 22.4 Å². The molecule has 3 heterocycles. The van der Waals surface area contributed by atoms with E-state index in [9.17, 15) is 4.79 Å². The SMILES string of the molecule is CN(C(=O)c1cc2sccc2s1)c1ccncc1N. The van der Waals surface area contributed by atoms with Gasteiger partial charge in [-0.25, -0.2) is 0 Å². The van der Waals surface area contributed by atoms with Crippen molar-refractivity contribution < 1.29 is 4.79 Å². The Kier molecular flexibility index (Phi) is 2.96. The van der Waals surface area contributed by atoms with E-state index in [0.29, 0.717) is 11.4 Å². The molecule has 19 heavy (non-hydrogen) atoms. The number of amides is 1. The van der Waals surface area contributed by atoms with E-state index in [2.05, 4.69) is 4.98 Å². The Labute approximate surface area is 118 Å². The van der Waals surface area contributed by atoms with Crippen LogP contribution < -0.4 is 10.6 Å². The number of fused-ring (bicyclic) bond motifs is 1. The highest BCUT2D eigenvalue weighted by Crippen LogP contribution is 2.31. The highest BCUT2D eigenvalue weighted by Gasteiger charge is 2.18. The summed E-state index contributed by atoms with van der Waals surface area (Å²) in [6, 6.07) is 5.70. The average molecular weight is 289 g/mol. The van der Waals surface area contributed by atoms with Crippen LogP contribution >= 0.6 is 22.7 Å². The van der Waals surface area contributed by atoms with E-state index < -0.39 is 0 Å². The van der Waals surface area contributed by atoms with Crippen LogP contribution in [0.5, 0.6) is 0 Å². The van der Waals surface area contributed by atoms with E-state index in [-0.39, 0.29) is 5.91 Å². The van der Waals surface area contributed by atoms with Crippen molar-refractivity contribution in [1.82, 2.24) is 4.98 Å². The maximum Gasteiger partial charge on any atom is 0.268 e. The molecule has 3 aromatic rings. The molecule has 0 atom stereocenters. The summed E-state index contributed by atoms with van der Waals surface area (Å²) in [6.07, 6.45) is 3.18. The van der Waals surface area contributed by atoms with E-state index in [1.165, 1.54) is 11.3 Å². The van der Waals surface area contributed by atoms with Crippen molar-refractivity contribution in [2.45, 2.75) is 0 Å². The van der Waals surface area contributed by atoms with Gasteiger partial charge < -0.3 is 10.6 Å². The molecule has 96 valence electrons. The van der Waals surface area contributed by atoms with E-state index >= 15 is 0 Å². The van der Waals surface area contributed by atoms with Gasteiger partial charge in [-0.1, -0.05) is 0 Å². The Balaban J connectivity index is 1.95. The fourth-order valence-electron chi connectivity index (χ4n) is 1.85. The minimum Gasteiger partial charge on any atom is -0.396 e. The number of nitrogen functional groups attached to an aromatic ring is 1. The topological polar surface area (TPSA) is 59.2 Å². The summed E-state index contributed by atoms with van der Waals surface area (Å²) in [5.41, 5.74) is 7.02. The summed E-state index contributed by atoms with van der Waals surface area (Å²) in [5, 5.41) is 2.03. The number of nitrogens with two attached hydrogens (primary N) is 1. The van der Waals surface area contributed by atoms with Crippen LogP contribution in [0, 0.1) is 0 Å². The third-order valence-electron chi connectivity index (χ3n) is 2.84. The van der Waals surface area contributed by atoms with Crippen LogP contribution in [-0.4, -0.2) is 17.9 Å². The Morgan fingerprint density at radius 2 is 2.21 bits per heavy atom. The van der Waals surface area contributed by atoms with Crippen LogP contribution in [-0.2, 0) is 0 Å². The zero-order valence-electron chi connectivity index (χ0n) is 10.2. The number of carbonyl (C=O) groups is 1. The second-order valence-electron chi connectivity index (χ2n) is 4.06. The molecule has 0 fully saturated rings. The second-order valence-corrected chi connectivity index (χ2v) is 6.09. The highest BCUT2D eigenvalue weighted by molar-refractivity contribution is 7.27. The minimum atomic E-state index is -0.0497. The molecule has 0 saturated heterocycles. The maximum absolute atomic E-state index is 12.4. The first-order chi connectivity index (χ1) is 9.16. The van der Waals surface area contributed by atoms with Gasteiger partial charge in [-0.05, 0) is 23.6 Å². The lowest BCUT2D eigenvalue weighted by Crippen LogP contribution is -2.26. The van der Waals surface area contributed by atoms with E-state index in [1.54, 1.807) is 41.7 Å². The van der Waals surface area contributed by atoms with E-state index in [1.807, 2.05) is 17.5 Å². The van der Waals surface area contributed by atoms with Crippen LogP contribution in [0.15, 0.2) is 36.0 Å². The number of carbonyl (C=O) groups excluding carboxylic acids is 1. The van der Waals surface area contributed by atoms with Crippen LogP contribution in [0.1, 0.15) is 9.67 Å². The molecule has 6 heteroatoms. The van der Waals surface area contributed by atoms with Crippen molar-refractivity contribution in [3.8, 4) is 0 Å². The zero-order chi connectivity index (χ0) is 13.4. The van der Waals surface area contributed by atoms with Gasteiger partial charge in [0, 0.05) is 22.6 Å². The van der Waals surface area contributed by atoms with Gasteiger partial charge in [-0.3, -0.25) is 9.78 Å². The number of nitrogens with zero attached hydrogens (tertiary/aromatic N) is 2. The van der Waals surface area contributed by atoms with Crippen molar-refractivity contribution in [3.05, 3.63) is 40.8 Å². The van der Waals surface area contributed by atoms with E-state index in [0.717, 1.165) is 14.3 Å². The van der Waals surface area contributed by atoms with Crippen LogP contribution in [0.3, 0.4) is 0 Å². The standard InChI is InChI=1S/C13H11N3OS2/c1-16(9-2-4-15-7-8(9)14)13(17)12-6-11-10(19-12)3-5-18-11/h2-7H,14H2,1H3. The fraction of sp³-hybridized carbons (Fsp3) is 0.0769. The summed E-state index contributed by atoms with van der Waals surface area (Å²) < 4.78 is 2.29. The molecule has 3 aromatic heterocycles. The van der Waals surface area contributed by atoms with Gasteiger partial charge >= 0.3 is 0 Å². The average Bonchev–Trinajstić information content (AvgIpc) is 2.98. The van der Waals surface area contributed by atoms with Crippen molar-refractivity contribution in [2.24, 2.45) is 0 Å². The quantitative estimate of drug-likeness (QED) is 0.788. The second kappa shape index (κ2) is 4.64. The minimum absolute atomic E-state index is 0.0497. The first-order valence-electron chi connectivity index (χ1n) is 5.61. The van der Waals surface area contributed by atoms with Crippen LogP contribution in [0.4, 0.5) is 11.4 Å². The van der Waals surface area contributed by atoms with Gasteiger partial charge in [0.15, 0.2) is 0 Å². The molecule has 0 aromatic carbocycles. The number of hydrogen-bond donors (Lipinski definition) is 1. The van der Waals surface area contributed by atoms with Crippen molar-refractivity contribution in [1.29, 1.82) is 0 Å². The lowest BCUT2D eigenvalue weighted by Gasteiger charge is -2.17. The zero-order valence-corrected chi connectivity index (χ0v) is 11.8. The van der Waals surface area contributed by atoms with Gasteiger partial charge in [0.1, 0.15) is 0 Å². The Morgan fingerprint density at radius 3 is 2.95 bits per heavy atom. The number of anilines is 2. The van der Waals surface area contributed by atoms with Gasteiger partial charge in [0.2, 0.25) is 0 Å². The first kappa shape index (κ1) is 12.1. The summed E-state index contributed by atoms with van der Waals surface area (Å²) >= 11 is 3.14. The lowest BCUT2D eigenvalue weighted by atomic mass is 10.3. The summed E-state index contributed by atoms with van der Waals surface area (Å²) in [7, 11) is 1.72. The van der Waals surface area contributed by atoms with Gasteiger partial charge in [-0.2, -0.15) is 0 Å². The predicted octanol–water partition coefficient (Wildman–Crippen LogP) is 3.22. The van der Waals surface area contributed by atoms with E-state index in [4.69, 9.17) is 5.73 Å². The molecule has 0 bridgehead atoms. The Bertz CT molecular complexity index is 719. The molecule has 0 aliphatic heterocycles. The first-order valence-corrected chi connectivity index (χ1v) is 7.31. The Hall–Kier alpha value is -1.92. The monoisotopic (exact) mass is 289 g/mol. The maximum atomic E-state index is 12.4. The van der Waals surface area contributed by atoms with Crippen LogP contribution in [0.25, 0.3) is 9.40 Å². The fourth-order valence-corrected chi connectivity index (χ4v) is 3.94. The molecule has 0 radical (unpaired) electrons. The summed E-state index contributed by atoms with van der Waals surface area (Å²) in [4.78, 5) is 18.6. The number of aromatic nitrogens is 1. The largest absolute Gasteiger partial charge is 0.396 e. The smallest absolute Gasteiger partial charge is 0.268 e. The molecule has 3 rings (SSSR count).